The summed E-state index contributed by atoms with van der Waals surface area (Å²) in [5, 5.41) is 19.5. The molecular weight excluding hydrogens is 504 g/mol. The first-order valence-corrected chi connectivity index (χ1v) is 14.8. The minimum Gasteiger partial charge on any atom is -0.497 e. The molecular formula is C26H34O8S2. The van der Waals surface area contributed by atoms with Crippen LogP contribution in [0.1, 0.15) is 60.0 Å². The molecule has 0 aromatic heterocycles. The summed E-state index contributed by atoms with van der Waals surface area (Å²) in [4.78, 5) is 11.1. The molecule has 1 saturated carbocycles. The smallest absolute Gasteiger partial charge is 0.304 e. The van der Waals surface area contributed by atoms with E-state index in [2.05, 4.69) is 0 Å². The van der Waals surface area contributed by atoms with Gasteiger partial charge in [-0.15, -0.1) is 0 Å². The maximum atomic E-state index is 11.5. The molecule has 2 atom stereocenters. The molecule has 0 saturated heterocycles. The maximum absolute atomic E-state index is 11.5. The number of methoxy groups -OCH3 is 1. The number of carboxylic acids is 1. The molecule has 0 heterocycles. The van der Waals surface area contributed by atoms with Gasteiger partial charge in [0, 0.05) is 11.3 Å². The third-order valence-corrected chi connectivity index (χ3v) is 8.07. The Balaban J connectivity index is 1.95. The third-order valence-electron chi connectivity index (χ3n) is 6.14. The number of aliphatic carboxylic acids is 1. The van der Waals surface area contributed by atoms with Crippen LogP contribution < -0.4 is 9.47 Å². The number of hydrogen-bond donors (Lipinski definition) is 2. The lowest BCUT2D eigenvalue weighted by Crippen LogP contribution is -2.25. The fourth-order valence-electron chi connectivity index (χ4n) is 4.36. The number of benzene rings is 2. The number of aliphatic hydroxyl groups is 1. The van der Waals surface area contributed by atoms with E-state index in [4.69, 9.17) is 18.8 Å². The lowest BCUT2D eigenvalue weighted by Gasteiger charge is -2.27. The van der Waals surface area contributed by atoms with E-state index in [1.165, 1.54) is 11.8 Å². The van der Waals surface area contributed by atoms with Gasteiger partial charge in [-0.3, -0.25) is 8.98 Å². The van der Waals surface area contributed by atoms with Crippen LogP contribution in [0.25, 0.3) is 0 Å². The molecule has 1 fully saturated rings. The number of thioether (sulfide) groups is 1. The first-order chi connectivity index (χ1) is 17.2. The van der Waals surface area contributed by atoms with Crippen molar-refractivity contribution in [1.29, 1.82) is 0 Å². The topological polar surface area (TPSA) is 119 Å². The van der Waals surface area contributed by atoms with Crippen LogP contribution >= 0.6 is 11.8 Å². The highest BCUT2D eigenvalue weighted by molar-refractivity contribution is 7.99. The highest BCUT2D eigenvalue weighted by atomic mass is 32.2. The number of para-hydroxylation sites is 1. The summed E-state index contributed by atoms with van der Waals surface area (Å²) in [6, 6.07) is 13.4. The summed E-state index contributed by atoms with van der Waals surface area (Å²) >= 11 is 1.25. The lowest BCUT2D eigenvalue weighted by molar-refractivity contribution is -0.136. The van der Waals surface area contributed by atoms with Crippen molar-refractivity contribution in [2.24, 2.45) is 0 Å². The molecule has 198 valence electrons. The second-order valence-corrected chi connectivity index (χ2v) is 11.8. The van der Waals surface area contributed by atoms with Gasteiger partial charge in [0.25, 0.3) is 10.1 Å². The predicted molar refractivity (Wildman–Crippen MR) is 139 cm³/mol. The first kappa shape index (κ1) is 28.3. The molecule has 0 bridgehead atoms. The van der Waals surface area contributed by atoms with Crippen molar-refractivity contribution in [3.05, 3.63) is 59.2 Å². The number of hydrogen-bond acceptors (Lipinski definition) is 8. The van der Waals surface area contributed by atoms with E-state index >= 15 is 0 Å². The molecule has 2 N–H and O–H groups in total. The Labute approximate surface area is 217 Å². The number of aliphatic hydroxyl groups excluding tert-OH is 1. The van der Waals surface area contributed by atoms with Crippen LogP contribution in [0.15, 0.2) is 42.5 Å². The Morgan fingerprint density at radius 1 is 1.14 bits per heavy atom. The second kappa shape index (κ2) is 13.3. The Morgan fingerprint density at radius 2 is 1.83 bits per heavy atom. The molecule has 1 aliphatic rings. The normalized spacial score (nSPS) is 16.0. The van der Waals surface area contributed by atoms with Crippen LogP contribution in [0, 0.1) is 0 Å². The van der Waals surface area contributed by atoms with Crippen molar-refractivity contribution in [3.8, 4) is 11.5 Å². The molecule has 2 unspecified atom stereocenters. The Hall–Kier alpha value is -2.27. The van der Waals surface area contributed by atoms with Gasteiger partial charge in [-0.1, -0.05) is 43.2 Å². The molecule has 2 aromatic rings. The van der Waals surface area contributed by atoms with Gasteiger partial charge in [-0.05, 0) is 42.0 Å². The van der Waals surface area contributed by atoms with Crippen molar-refractivity contribution < 1.29 is 37.1 Å². The minimum absolute atomic E-state index is 0.0921. The van der Waals surface area contributed by atoms with Gasteiger partial charge in [0.05, 0.1) is 37.7 Å². The second-order valence-electron chi connectivity index (χ2n) is 8.87. The summed E-state index contributed by atoms with van der Waals surface area (Å²) in [6.45, 7) is -0.141. The first-order valence-electron chi connectivity index (χ1n) is 11.9. The number of rotatable bonds is 14. The number of carbonyl (C=O) groups is 1. The van der Waals surface area contributed by atoms with Gasteiger partial charge in [0.15, 0.2) is 0 Å². The average molecular weight is 539 g/mol. The SMILES string of the molecule is COc1ccc(COc2c(C3CCCC3)cccc2C(SCCC(=O)O)C(O)COS(C)(=O)=O)cc1. The van der Waals surface area contributed by atoms with Crippen molar-refractivity contribution in [3.63, 3.8) is 0 Å². The Morgan fingerprint density at radius 3 is 2.44 bits per heavy atom. The van der Waals surface area contributed by atoms with E-state index < -0.39 is 34.0 Å². The fraction of sp³-hybridized carbons (Fsp3) is 0.500. The van der Waals surface area contributed by atoms with Crippen molar-refractivity contribution in [2.45, 2.75) is 56.0 Å². The van der Waals surface area contributed by atoms with Crippen LogP contribution in [-0.4, -0.2) is 56.4 Å². The molecule has 10 heteroatoms. The van der Waals surface area contributed by atoms with E-state index in [1.807, 2.05) is 42.5 Å². The highest BCUT2D eigenvalue weighted by Crippen LogP contribution is 2.45. The monoisotopic (exact) mass is 538 g/mol. The van der Waals surface area contributed by atoms with Crippen LogP contribution in [0.5, 0.6) is 11.5 Å². The van der Waals surface area contributed by atoms with Gasteiger partial charge >= 0.3 is 5.97 Å². The molecule has 0 radical (unpaired) electrons. The van der Waals surface area contributed by atoms with Gasteiger partial charge in [-0.2, -0.15) is 20.2 Å². The summed E-state index contributed by atoms with van der Waals surface area (Å²) in [5.74, 6) is 1.02. The van der Waals surface area contributed by atoms with Crippen LogP contribution in [0.2, 0.25) is 0 Å². The van der Waals surface area contributed by atoms with Gasteiger partial charge in [0.1, 0.15) is 18.1 Å². The molecule has 36 heavy (non-hydrogen) atoms. The Bertz CT molecular complexity index is 1100. The fourth-order valence-corrected chi connectivity index (χ4v) is 5.96. The molecule has 3 rings (SSSR count). The number of carboxylic acid groups (broad SMARTS) is 1. The van der Waals surface area contributed by atoms with Crippen LogP contribution in [0.3, 0.4) is 0 Å². The van der Waals surface area contributed by atoms with Crippen molar-refractivity contribution in [2.75, 3.05) is 25.7 Å². The van der Waals surface area contributed by atoms with E-state index in [1.54, 1.807) is 7.11 Å². The third kappa shape index (κ3) is 8.40. The maximum Gasteiger partial charge on any atom is 0.304 e. The van der Waals surface area contributed by atoms with E-state index in [0.29, 0.717) is 23.8 Å². The van der Waals surface area contributed by atoms with E-state index in [-0.39, 0.29) is 12.2 Å². The average Bonchev–Trinajstić information content (AvgIpc) is 3.38. The molecule has 0 aliphatic heterocycles. The zero-order chi connectivity index (χ0) is 26.1. The molecule has 1 aliphatic carbocycles. The van der Waals surface area contributed by atoms with Crippen molar-refractivity contribution in [1.82, 2.24) is 0 Å². The Kier molecular flexibility index (Phi) is 10.5. The quantitative estimate of drug-likeness (QED) is 0.335. The number of ether oxygens (including phenoxy) is 2. The molecule has 0 spiro atoms. The summed E-state index contributed by atoms with van der Waals surface area (Å²) in [5.41, 5.74) is 2.70. The molecule has 0 amide bonds. The summed E-state index contributed by atoms with van der Waals surface area (Å²) < 4.78 is 39.6. The van der Waals surface area contributed by atoms with Crippen molar-refractivity contribution >= 4 is 27.8 Å². The van der Waals surface area contributed by atoms with Crippen LogP contribution in [0.4, 0.5) is 0 Å². The zero-order valence-corrected chi connectivity index (χ0v) is 22.2. The predicted octanol–water partition coefficient (Wildman–Crippen LogP) is 4.52. The largest absolute Gasteiger partial charge is 0.497 e. The zero-order valence-electron chi connectivity index (χ0n) is 20.6. The summed E-state index contributed by atoms with van der Waals surface area (Å²) in [7, 11) is -2.15. The van der Waals surface area contributed by atoms with Gasteiger partial charge in [0.2, 0.25) is 0 Å². The van der Waals surface area contributed by atoms with Crippen LogP contribution in [-0.2, 0) is 25.7 Å². The molecule has 8 nitrogen and oxygen atoms in total. The molecule has 2 aromatic carbocycles. The van der Waals surface area contributed by atoms with E-state index in [0.717, 1.165) is 48.8 Å². The minimum atomic E-state index is -3.76. The van der Waals surface area contributed by atoms with Gasteiger partial charge in [-0.25, -0.2) is 0 Å². The standard InChI is InChI=1S/C26H34O8S2/c1-32-20-12-10-18(11-13-20)16-33-25-21(19-6-3-4-7-19)8-5-9-22(25)26(35-15-14-24(28)29)23(27)17-34-36(2,30)31/h5,8-13,19,23,26-27H,3-4,6-7,14-17H2,1-2H3,(H,28,29). The highest BCUT2D eigenvalue weighted by Gasteiger charge is 2.30. The summed E-state index contributed by atoms with van der Waals surface area (Å²) in [6.07, 6.45) is 3.99. The lowest BCUT2D eigenvalue weighted by atomic mass is 9.92. The van der Waals surface area contributed by atoms with Gasteiger partial charge < -0.3 is 19.7 Å². The van der Waals surface area contributed by atoms with E-state index in [9.17, 15) is 18.3 Å².